The van der Waals surface area contributed by atoms with Crippen LogP contribution in [0.2, 0.25) is 0 Å². The number of amides is 1. The van der Waals surface area contributed by atoms with Crippen LogP contribution in [0.5, 0.6) is 0 Å². The van der Waals surface area contributed by atoms with Gasteiger partial charge in [-0.15, -0.1) is 0 Å². The van der Waals surface area contributed by atoms with Crippen molar-refractivity contribution in [1.29, 1.82) is 0 Å². The summed E-state index contributed by atoms with van der Waals surface area (Å²) in [5.41, 5.74) is 1.98. The molecule has 23 heavy (non-hydrogen) atoms. The lowest BCUT2D eigenvalue weighted by atomic mass is 10.1. The molecule has 0 bridgehead atoms. The number of carbonyl (C=O) groups excluding carboxylic acids is 1. The Morgan fingerprint density at radius 3 is 2.74 bits per heavy atom. The quantitative estimate of drug-likeness (QED) is 0.846. The summed E-state index contributed by atoms with van der Waals surface area (Å²) in [5.74, 6) is 0.0166. The smallest absolute Gasteiger partial charge is 0.226 e. The number of hydrogen-bond donors (Lipinski definition) is 2. The van der Waals surface area contributed by atoms with Crippen LogP contribution in [0.3, 0.4) is 0 Å². The van der Waals surface area contributed by atoms with Crippen molar-refractivity contribution in [2.45, 2.75) is 50.9 Å². The molecule has 5 heteroatoms. The maximum absolute atomic E-state index is 12.0. The third kappa shape index (κ3) is 5.30. The fourth-order valence-electron chi connectivity index (χ4n) is 3.14. The third-order valence-electron chi connectivity index (χ3n) is 4.46. The first kappa shape index (κ1) is 16.4. The van der Waals surface area contributed by atoms with Gasteiger partial charge in [0.15, 0.2) is 0 Å². The molecule has 1 aliphatic heterocycles. The van der Waals surface area contributed by atoms with Gasteiger partial charge in [-0.2, -0.15) is 0 Å². The zero-order chi connectivity index (χ0) is 15.9. The largest absolute Gasteiger partial charge is 0.378 e. The van der Waals surface area contributed by atoms with E-state index in [1.807, 2.05) is 24.3 Å². The van der Waals surface area contributed by atoms with Crippen LogP contribution in [0.1, 0.15) is 37.7 Å². The van der Waals surface area contributed by atoms with E-state index in [1.54, 1.807) is 0 Å². The number of rotatable bonds is 6. The molecule has 1 atom stereocenters. The highest BCUT2D eigenvalue weighted by Crippen LogP contribution is 2.22. The van der Waals surface area contributed by atoms with E-state index in [1.165, 1.54) is 25.7 Å². The second kappa shape index (κ2) is 8.43. The summed E-state index contributed by atoms with van der Waals surface area (Å²) in [5, 5.41) is 6.22. The van der Waals surface area contributed by atoms with Gasteiger partial charge in [-0.05, 0) is 30.5 Å². The Labute approximate surface area is 137 Å². The Morgan fingerprint density at radius 1 is 1.26 bits per heavy atom. The molecule has 2 N–H and O–H groups in total. The molecule has 0 spiro atoms. The van der Waals surface area contributed by atoms with Gasteiger partial charge in [0.2, 0.25) is 5.91 Å². The molecule has 0 radical (unpaired) electrons. The van der Waals surface area contributed by atoms with Crippen molar-refractivity contribution < 1.29 is 14.3 Å². The summed E-state index contributed by atoms with van der Waals surface area (Å²) in [7, 11) is 0. The monoisotopic (exact) mass is 318 g/mol. The number of ether oxygens (including phenoxy) is 2. The first-order chi connectivity index (χ1) is 11.3. The van der Waals surface area contributed by atoms with Gasteiger partial charge in [-0.25, -0.2) is 0 Å². The molecule has 5 nitrogen and oxygen atoms in total. The lowest BCUT2D eigenvalue weighted by molar-refractivity contribution is -0.117. The topological polar surface area (TPSA) is 59.6 Å². The van der Waals surface area contributed by atoms with Crippen LogP contribution in [0.4, 0.5) is 5.69 Å². The van der Waals surface area contributed by atoms with Crippen LogP contribution in [-0.2, 0) is 20.9 Å². The van der Waals surface area contributed by atoms with Crippen molar-refractivity contribution in [1.82, 2.24) is 5.32 Å². The van der Waals surface area contributed by atoms with Gasteiger partial charge in [0.1, 0.15) is 0 Å². The van der Waals surface area contributed by atoms with Crippen molar-refractivity contribution in [3.8, 4) is 0 Å². The average molecular weight is 318 g/mol. The number of anilines is 1. The molecule has 1 aliphatic carbocycles. The minimum atomic E-state index is 0.0166. The Kier molecular flexibility index (Phi) is 6.02. The van der Waals surface area contributed by atoms with E-state index in [4.69, 9.17) is 9.47 Å². The van der Waals surface area contributed by atoms with Gasteiger partial charge in [-0.1, -0.05) is 25.0 Å². The third-order valence-corrected chi connectivity index (χ3v) is 4.46. The zero-order valence-electron chi connectivity index (χ0n) is 13.6. The summed E-state index contributed by atoms with van der Waals surface area (Å²) in [6, 6.07) is 8.04. The summed E-state index contributed by atoms with van der Waals surface area (Å²) in [6.07, 6.45) is 5.82. The van der Waals surface area contributed by atoms with Crippen molar-refractivity contribution in [2.24, 2.45) is 0 Å². The minimum absolute atomic E-state index is 0.0166. The molecule has 0 aromatic heterocycles. The minimum Gasteiger partial charge on any atom is -0.378 e. The highest BCUT2D eigenvalue weighted by atomic mass is 16.5. The Hall–Kier alpha value is -1.43. The Bertz CT molecular complexity index is 491. The summed E-state index contributed by atoms with van der Waals surface area (Å²) in [4.78, 5) is 12.0. The molecule has 1 aromatic rings. The SMILES string of the molecule is O=C(CC1COCCN1)Nc1ccc(COC2CCCC2)cc1. The van der Waals surface area contributed by atoms with Crippen LogP contribution in [0.25, 0.3) is 0 Å². The van der Waals surface area contributed by atoms with Gasteiger partial charge in [0.25, 0.3) is 0 Å². The number of morpholine rings is 1. The van der Waals surface area contributed by atoms with Crippen LogP contribution in [-0.4, -0.2) is 37.8 Å². The van der Waals surface area contributed by atoms with E-state index in [0.717, 1.165) is 24.4 Å². The van der Waals surface area contributed by atoms with Crippen LogP contribution >= 0.6 is 0 Å². The normalized spacial score (nSPS) is 22.2. The number of carbonyl (C=O) groups is 1. The van der Waals surface area contributed by atoms with E-state index in [0.29, 0.717) is 25.7 Å². The molecular weight excluding hydrogens is 292 g/mol. The molecule has 1 aromatic carbocycles. The first-order valence-corrected chi connectivity index (χ1v) is 8.61. The fraction of sp³-hybridized carbons (Fsp3) is 0.611. The molecule has 126 valence electrons. The van der Waals surface area contributed by atoms with Crippen molar-refractivity contribution in [3.63, 3.8) is 0 Å². The number of hydrogen-bond acceptors (Lipinski definition) is 4. The van der Waals surface area contributed by atoms with Crippen LogP contribution < -0.4 is 10.6 Å². The fourth-order valence-corrected chi connectivity index (χ4v) is 3.14. The molecule has 2 fully saturated rings. The molecule has 1 saturated heterocycles. The second-order valence-corrected chi connectivity index (χ2v) is 6.39. The maximum atomic E-state index is 12.0. The summed E-state index contributed by atoms with van der Waals surface area (Å²) < 4.78 is 11.3. The lowest BCUT2D eigenvalue weighted by Gasteiger charge is -2.23. The predicted octanol–water partition coefficient (Wildman–Crippen LogP) is 2.46. The van der Waals surface area contributed by atoms with Crippen LogP contribution in [0.15, 0.2) is 24.3 Å². The van der Waals surface area contributed by atoms with E-state index in [2.05, 4.69) is 10.6 Å². The average Bonchev–Trinajstić information content (AvgIpc) is 3.08. The summed E-state index contributed by atoms with van der Waals surface area (Å²) >= 11 is 0. The van der Waals surface area contributed by atoms with Gasteiger partial charge in [0, 0.05) is 24.7 Å². The molecule has 1 heterocycles. The predicted molar refractivity (Wildman–Crippen MR) is 89.3 cm³/mol. The van der Waals surface area contributed by atoms with E-state index < -0.39 is 0 Å². The Morgan fingerprint density at radius 2 is 2.04 bits per heavy atom. The standard InChI is InChI=1S/C18H26N2O3/c21-18(11-16-13-22-10-9-19-16)20-15-7-5-14(6-8-15)12-23-17-3-1-2-4-17/h5-8,16-17,19H,1-4,9-13H2,(H,20,21). The van der Waals surface area contributed by atoms with E-state index in [9.17, 15) is 4.79 Å². The highest BCUT2D eigenvalue weighted by molar-refractivity contribution is 5.91. The highest BCUT2D eigenvalue weighted by Gasteiger charge is 2.17. The molecule has 1 unspecified atom stereocenters. The van der Waals surface area contributed by atoms with E-state index >= 15 is 0 Å². The van der Waals surface area contributed by atoms with Crippen molar-refractivity contribution >= 4 is 11.6 Å². The molecule has 1 amide bonds. The molecule has 2 aliphatic rings. The van der Waals surface area contributed by atoms with Gasteiger partial charge >= 0.3 is 0 Å². The number of nitrogens with one attached hydrogen (secondary N) is 2. The van der Waals surface area contributed by atoms with Gasteiger partial charge in [-0.3, -0.25) is 4.79 Å². The molecular formula is C18H26N2O3. The molecule has 3 rings (SSSR count). The van der Waals surface area contributed by atoms with E-state index in [-0.39, 0.29) is 11.9 Å². The summed E-state index contributed by atoms with van der Waals surface area (Å²) in [6.45, 7) is 2.79. The van der Waals surface area contributed by atoms with Crippen molar-refractivity contribution in [3.05, 3.63) is 29.8 Å². The number of benzene rings is 1. The van der Waals surface area contributed by atoms with Gasteiger partial charge in [0.05, 0.1) is 25.9 Å². The van der Waals surface area contributed by atoms with Crippen LogP contribution in [0, 0.1) is 0 Å². The first-order valence-electron chi connectivity index (χ1n) is 8.61. The second-order valence-electron chi connectivity index (χ2n) is 6.39. The zero-order valence-corrected chi connectivity index (χ0v) is 13.6. The van der Waals surface area contributed by atoms with Crippen molar-refractivity contribution in [2.75, 3.05) is 25.1 Å². The van der Waals surface area contributed by atoms with Gasteiger partial charge < -0.3 is 20.1 Å². The lowest BCUT2D eigenvalue weighted by Crippen LogP contribution is -2.43. The molecule has 1 saturated carbocycles. The maximum Gasteiger partial charge on any atom is 0.226 e. The Balaban J connectivity index is 1.42.